The fraction of sp³-hybridized carbons (Fsp3) is 0.250. The van der Waals surface area contributed by atoms with Crippen LogP contribution in [0.1, 0.15) is 22.3 Å². The van der Waals surface area contributed by atoms with Crippen LogP contribution in [-0.2, 0) is 15.6 Å². The van der Waals surface area contributed by atoms with Crippen LogP contribution in [0.15, 0.2) is 41.3 Å². The first kappa shape index (κ1) is 14.6. The van der Waals surface area contributed by atoms with E-state index in [2.05, 4.69) is 0 Å². The minimum atomic E-state index is -3.37. The summed E-state index contributed by atoms with van der Waals surface area (Å²) in [5.41, 5.74) is 10.2. The van der Waals surface area contributed by atoms with Crippen LogP contribution >= 0.6 is 0 Å². The Morgan fingerprint density at radius 1 is 1.00 bits per heavy atom. The molecule has 3 nitrogen and oxygen atoms in total. The molecule has 0 bridgehead atoms. The van der Waals surface area contributed by atoms with Crippen molar-refractivity contribution in [1.29, 1.82) is 0 Å². The number of hydrogen-bond acceptors (Lipinski definition) is 3. The van der Waals surface area contributed by atoms with E-state index in [9.17, 15) is 8.42 Å². The van der Waals surface area contributed by atoms with Crippen molar-refractivity contribution in [3.8, 4) is 0 Å². The fourth-order valence-electron chi connectivity index (χ4n) is 2.42. The van der Waals surface area contributed by atoms with E-state index >= 15 is 0 Å². The number of sulfone groups is 1. The molecule has 0 radical (unpaired) electrons. The lowest BCUT2D eigenvalue weighted by Gasteiger charge is -2.12. The number of aryl methyl sites for hydroxylation is 3. The minimum Gasteiger partial charge on any atom is -0.399 e. The Bertz CT molecular complexity index is 726. The molecule has 20 heavy (non-hydrogen) atoms. The third-order valence-corrected chi connectivity index (χ3v) is 5.03. The number of nitrogen functional groups attached to an aromatic ring is 1. The Kier molecular flexibility index (Phi) is 3.86. The number of anilines is 1. The Hall–Kier alpha value is -1.81. The highest BCUT2D eigenvalue weighted by molar-refractivity contribution is 7.90. The van der Waals surface area contributed by atoms with Crippen LogP contribution in [0.25, 0.3) is 0 Å². The second-order valence-corrected chi connectivity index (χ2v) is 7.20. The van der Waals surface area contributed by atoms with E-state index in [-0.39, 0.29) is 10.6 Å². The number of nitrogens with two attached hydrogens (primary N) is 1. The van der Waals surface area contributed by atoms with Gasteiger partial charge >= 0.3 is 0 Å². The monoisotopic (exact) mass is 289 g/mol. The summed E-state index contributed by atoms with van der Waals surface area (Å²) in [6.07, 6.45) is 0. The lowest BCUT2D eigenvalue weighted by atomic mass is 10.0. The minimum absolute atomic E-state index is 0.00833. The quantitative estimate of drug-likeness (QED) is 0.883. The zero-order valence-corrected chi connectivity index (χ0v) is 12.8. The summed E-state index contributed by atoms with van der Waals surface area (Å²) in [4.78, 5) is 0.275. The molecule has 0 aliphatic heterocycles. The maximum absolute atomic E-state index is 12.5. The predicted octanol–water partition coefficient (Wildman–Crippen LogP) is 3.17. The second-order valence-electron chi connectivity index (χ2n) is 5.21. The van der Waals surface area contributed by atoms with Gasteiger partial charge in [0.1, 0.15) is 0 Å². The SMILES string of the molecule is Cc1cc(C)c(CS(=O)(=O)c2cccc(N)c2)c(C)c1. The molecule has 2 aromatic rings. The van der Waals surface area contributed by atoms with Crippen molar-refractivity contribution in [3.05, 3.63) is 58.7 Å². The van der Waals surface area contributed by atoms with Crippen LogP contribution in [0.3, 0.4) is 0 Å². The molecule has 0 heterocycles. The van der Waals surface area contributed by atoms with Crippen LogP contribution in [-0.4, -0.2) is 8.42 Å². The van der Waals surface area contributed by atoms with Gasteiger partial charge in [0, 0.05) is 5.69 Å². The molecule has 0 fully saturated rings. The van der Waals surface area contributed by atoms with Crippen molar-refractivity contribution in [1.82, 2.24) is 0 Å². The summed E-state index contributed by atoms with van der Waals surface area (Å²) in [6.45, 7) is 5.91. The van der Waals surface area contributed by atoms with Crippen molar-refractivity contribution in [3.63, 3.8) is 0 Å². The molecule has 106 valence electrons. The topological polar surface area (TPSA) is 60.2 Å². The van der Waals surface area contributed by atoms with Gasteiger partial charge in [0.25, 0.3) is 0 Å². The average molecular weight is 289 g/mol. The van der Waals surface area contributed by atoms with E-state index in [0.717, 1.165) is 22.3 Å². The van der Waals surface area contributed by atoms with E-state index in [1.807, 2.05) is 32.9 Å². The summed E-state index contributed by atoms with van der Waals surface area (Å²) < 4.78 is 25.0. The van der Waals surface area contributed by atoms with Gasteiger partial charge < -0.3 is 5.73 Å². The molecule has 0 amide bonds. The molecule has 0 spiro atoms. The van der Waals surface area contributed by atoms with Gasteiger partial charge in [0.2, 0.25) is 0 Å². The zero-order valence-electron chi connectivity index (χ0n) is 12.0. The third-order valence-electron chi connectivity index (χ3n) is 3.39. The lowest BCUT2D eigenvalue weighted by molar-refractivity contribution is 0.595. The molecule has 0 unspecified atom stereocenters. The van der Waals surface area contributed by atoms with Gasteiger partial charge in [0.15, 0.2) is 9.84 Å². The van der Waals surface area contributed by atoms with Gasteiger partial charge in [-0.25, -0.2) is 8.42 Å². The molecular weight excluding hydrogens is 270 g/mol. The largest absolute Gasteiger partial charge is 0.399 e. The number of benzene rings is 2. The zero-order chi connectivity index (χ0) is 14.9. The smallest absolute Gasteiger partial charge is 0.182 e. The molecule has 0 aliphatic carbocycles. The van der Waals surface area contributed by atoms with Crippen LogP contribution in [0.4, 0.5) is 5.69 Å². The molecule has 2 rings (SSSR count). The fourth-order valence-corrected chi connectivity index (χ4v) is 4.02. The molecule has 0 saturated carbocycles. The molecule has 0 atom stereocenters. The van der Waals surface area contributed by atoms with Crippen LogP contribution in [0.2, 0.25) is 0 Å². The van der Waals surface area contributed by atoms with Crippen LogP contribution in [0, 0.1) is 20.8 Å². The summed E-state index contributed by atoms with van der Waals surface area (Å²) >= 11 is 0. The van der Waals surface area contributed by atoms with Gasteiger partial charge in [-0.1, -0.05) is 23.8 Å². The van der Waals surface area contributed by atoms with Crippen molar-refractivity contribution in [2.75, 3.05) is 5.73 Å². The van der Waals surface area contributed by atoms with E-state index in [0.29, 0.717) is 5.69 Å². The standard InChI is InChI=1S/C16H19NO2S/c1-11-7-12(2)16(13(3)8-11)10-20(18,19)15-6-4-5-14(17)9-15/h4-9H,10,17H2,1-3H3. The maximum atomic E-state index is 12.5. The van der Waals surface area contributed by atoms with Crippen molar-refractivity contribution < 1.29 is 8.42 Å². The maximum Gasteiger partial charge on any atom is 0.182 e. The van der Waals surface area contributed by atoms with Crippen molar-refractivity contribution >= 4 is 15.5 Å². The summed E-state index contributed by atoms with van der Waals surface area (Å²) in [5.74, 6) is 0.00833. The van der Waals surface area contributed by atoms with Gasteiger partial charge in [-0.15, -0.1) is 0 Å². The van der Waals surface area contributed by atoms with Crippen LogP contribution in [0.5, 0.6) is 0 Å². The van der Waals surface area contributed by atoms with Crippen LogP contribution < -0.4 is 5.73 Å². The highest BCUT2D eigenvalue weighted by Gasteiger charge is 2.18. The molecule has 0 aromatic heterocycles. The van der Waals surface area contributed by atoms with E-state index in [1.54, 1.807) is 18.2 Å². The van der Waals surface area contributed by atoms with E-state index < -0.39 is 9.84 Å². The van der Waals surface area contributed by atoms with Gasteiger partial charge in [-0.2, -0.15) is 0 Å². The molecule has 0 aliphatic rings. The first-order valence-corrected chi connectivity index (χ1v) is 8.10. The van der Waals surface area contributed by atoms with Gasteiger partial charge in [0.05, 0.1) is 10.6 Å². The summed E-state index contributed by atoms with van der Waals surface area (Å²) in [6, 6.07) is 10.5. The van der Waals surface area contributed by atoms with Crippen molar-refractivity contribution in [2.45, 2.75) is 31.4 Å². The Labute approximate surface area is 120 Å². The first-order valence-electron chi connectivity index (χ1n) is 6.44. The predicted molar refractivity (Wildman–Crippen MR) is 82.4 cm³/mol. The second kappa shape index (κ2) is 5.29. The number of hydrogen-bond donors (Lipinski definition) is 1. The molecule has 2 N–H and O–H groups in total. The highest BCUT2D eigenvalue weighted by atomic mass is 32.2. The lowest BCUT2D eigenvalue weighted by Crippen LogP contribution is -2.08. The molecule has 4 heteroatoms. The van der Waals surface area contributed by atoms with Gasteiger partial charge in [-0.05, 0) is 55.7 Å². The Balaban J connectivity index is 2.44. The third kappa shape index (κ3) is 3.02. The van der Waals surface area contributed by atoms with E-state index in [4.69, 9.17) is 5.73 Å². The van der Waals surface area contributed by atoms with Gasteiger partial charge in [-0.3, -0.25) is 0 Å². The highest BCUT2D eigenvalue weighted by Crippen LogP contribution is 2.23. The van der Waals surface area contributed by atoms with E-state index in [1.165, 1.54) is 6.07 Å². The average Bonchev–Trinajstić information content (AvgIpc) is 2.34. The number of rotatable bonds is 3. The normalized spacial score (nSPS) is 11.6. The van der Waals surface area contributed by atoms with Crippen molar-refractivity contribution in [2.24, 2.45) is 0 Å². The first-order chi connectivity index (χ1) is 9.29. The summed E-state index contributed by atoms with van der Waals surface area (Å²) in [7, 11) is -3.37. The molecule has 0 saturated heterocycles. The molecule has 2 aromatic carbocycles. The summed E-state index contributed by atoms with van der Waals surface area (Å²) in [5, 5.41) is 0. The Morgan fingerprint density at radius 3 is 2.15 bits per heavy atom. The molecular formula is C16H19NO2S. The Morgan fingerprint density at radius 2 is 1.60 bits per heavy atom.